The predicted octanol–water partition coefficient (Wildman–Crippen LogP) is 3.77. The van der Waals surface area contributed by atoms with Crippen LogP contribution in [0.2, 0.25) is 0 Å². The Morgan fingerprint density at radius 2 is 1.80 bits per heavy atom. The van der Waals surface area contributed by atoms with E-state index in [1.54, 1.807) is 0 Å². The molecule has 1 aliphatic carbocycles. The Labute approximate surface area is 122 Å². The lowest BCUT2D eigenvalue weighted by molar-refractivity contribution is -0.0145. The lowest BCUT2D eigenvalue weighted by Crippen LogP contribution is -2.45. The first kappa shape index (κ1) is 15.2. The minimum absolute atomic E-state index is 0.0506. The molecule has 20 heavy (non-hydrogen) atoms. The number of ether oxygens (including phenoxy) is 2. The maximum atomic E-state index is 6.26. The molecule has 0 atom stereocenters. The zero-order chi connectivity index (χ0) is 14.4. The molecule has 1 aliphatic rings. The summed E-state index contributed by atoms with van der Waals surface area (Å²) >= 11 is 0. The Morgan fingerprint density at radius 3 is 2.30 bits per heavy atom. The second-order valence-electron chi connectivity index (χ2n) is 5.90. The molecule has 1 N–H and O–H groups in total. The molecule has 2 rings (SSSR count). The zero-order valence-corrected chi connectivity index (χ0v) is 12.9. The number of benzene rings is 1. The van der Waals surface area contributed by atoms with Gasteiger partial charge >= 0.3 is 0 Å². The van der Waals surface area contributed by atoms with E-state index in [4.69, 9.17) is 9.47 Å². The van der Waals surface area contributed by atoms with Gasteiger partial charge in [-0.2, -0.15) is 0 Å². The van der Waals surface area contributed by atoms with E-state index >= 15 is 0 Å². The molecular weight excluding hydrogens is 250 g/mol. The summed E-state index contributed by atoms with van der Waals surface area (Å²) in [5.74, 6) is 1.86. The normalized spacial score (nSPS) is 16.8. The average Bonchev–Trinajstić information content (AvgIpc) is 2.38. The second-order valence-corrected chi connectivity index (χ2v) is 5.90. The fourth-order valence-corrected chi connectivity index (χ4v) is 2.58. The van der Waals surface area contributed by atoms with Crippen molar-refractivity contribution in [3.8, 4) is 11.5 Å². The van der Waals surface area contributed by atoms with Crippen molar-refractivity contribution >= 4 is 0 Å². The summed E-state index contributed by atoms with van der Waals surface area (Å²) in [5, 5.41) is 3.48. The van der Waals surface area contributed by atoms with Crippen LogP contribution in [0.4, 0.5) is 0 Å². The second kappa shape index (κ2) is 6.98. The van der Waals surface area contributed by atoms with Crippen LogP contribution in [0.25, 0.3) is 0 Å². The fraction of sp³-hybridized carbons (Fsp3) is 0.647. The molecule has 1 fully saturated rings. The molecule has 0 spiro atoms. The number of hydrogen-bond donors (Lipinski definition) is 1. The molecule has 0 amide bonds. The molecule has 0 radical (unpaired) electrons. The topological polar surface area (TPSA) is 30.5 Å². The first-order chi connectivity index (χ1) is 9.63. The van der Waals surface area contributed by atoms with Crippen LogP contribution < -0.4 is 14.8 Å². The van der Waals surface area contributed by atoms with E-state index < -0.39 is 0 Å². The van der Waals surface area contributed by atoms with E-state index in [2.05, 4.69) is 19.2 Å². The predicted molar refractivity (Wildman–Crippen MR) is 82.6 cm³/mol. The molecule has 112 valence electrons. The first-order valence-corrected chi connectivity index (χ1v) is 7.79. The van der Waals surface area contributed by atoms with Crippen LogP contribution in [0.15, 0.2) is 24.3 Å². The van der Waals surface area contributed by atoms with Crippen LogP contribution in [0.3, 0.4) is 0 Å². The van der Waals surface area contributed by atoms with Crippen LogP contribution in [0.5, 0.6) is 11.5 Å². The van der Waals surface area contributed by atoms with Gasteiger partial charge in [-0.25, -0.2) is 0 Å². The summed E-state index contributed by atoms with van der Waals surface area (Å²) in [6.07, 6.45) is 4.69. The van der Waals surface area contributed by atoms with Gasteiger partial charge in [0, 0.05) is 6.04 Å². The summed E-state index contributed by atoms with van der Waals surface area (Å²) in [5.41, 5.74) is 0.0506. The van der Waals surface area contributed by atoms with Gasteiger partial charge in [0.1, 0.15) is 17.1 Å². The maximum absolute atomic E-state index is 6.26. The lowest BCUT2D eigenvalue weighted by atomic mass is 9.77. The van der Waals surface area contributed by atoms with Crippen molar-refractivity contribution in [1.82, 2.24) is 5.32 Å². The van der Waals surface area contributed by atoms with Crippen LogP contribution in [-0.4, -0.2) is 24.8 Å². The summed E-state index contributed by atoms with van der Waals surface area (Å²) < 4.78 is 11.7. The molecule has 0 aliphatic heterocycles. The molecule has 1 aromatic rings. The number of nitrogens with one attached hydrogen (secondary N) is 1. The monoisotopic (exact) mass is 277 g/mol. The molecular formula is C17H27NO2. The van der Waals surface area contributed by atoms with Crippen molar-refractivity contribution in [3.63, 3.8) is 0 Å². The van der Waals surface area contributed by atoms with Gasteiger partial charge < -0.3 is 14.8 Å². The first-order valence-electron chi connectivity index (χ1n) is 7.79. The minimum Gasteiger partial charge on any atom is -0.494 e. The van der Waals surface area contributed by atoms with Gasteiger partial charge in [0.2, 0.25) is 0 Å². The number of rotatable bonds is 8. The van der Waals surface area contributed by atoms with Crippen molar-refractivity contribution in [3.05, 3.63) is 24.3 Å². The van der Waals surface area contributed by atoms with Crippen LogP contribution >= 0.6 is 0 Å². The van der Waals surface area contributed by atoms with Crippen LogP contribution in [-0.2, 0) is 0 Å². The van der Waals surface area contributed by atoms with Gasteiger partial charge in [-0.15, -0.1) is 0 Å². The highest BCUT2D eigenvalue weighted by Crippen LogP contribution is 2.39. The Balaban J connectivity index is 1.88. The third-order valence-electron chi connectivity index (χ3n) is 3.87. The van der Waals surface area contributed by atoms with Crippen LogP contribution in [0.1, 0.15) is 46.5 Å². The lowest BCUT2D eigenvalue weighted by Gasteiger charge is -2.42. The minimum atomic E-state index is 0.0506. The zero-order valence-electron chi connectivity index (χ0n) is 12.9. The van der Waals surface area contributed by atoms with Crippen molar-refractivity contribution in [2.45, 2.75) is 58.1 Å². The van der Waals surface area contributed by atoms with Crippen molar-refractivity contribution in [1.29, 1.82) is 0 Å². The third kappa shape index (κ3) is 4.14. The van der Waals surface area contributed by atoms with Gasteiger partial charge in [0.25, 0.3) is 0 Å². The van der Waals surface area contributed by atoms with Gasteiger partial charge in [-0.05, 0) is 63.4 Å². The van der Waals surface area contributed by atoms with E-state index in [0.717, 1.165) is 24.5 Å². The molecule has 3 heteroatoms. The Morgan fingerprint density at radius 1 is 1.15 bits per heavy atom. The van der Waals surface area contributed by atoms with Gasteiger partial charge in [-0.1, -0.05) is 13.8 Å². The van der Waals surface area contributed by atoms with E-state index in [0.29, 0.717) is 12.6 Å². The van der Waals surface area contributed by atoms with Crippen molar-refractivity contribution < 1.29 is 9.47 Å². The largest absolute Gasteiger partial charge is 0.494 e. The van der Waals surface area contributed by atoms with E-state index in [1.807, 2.05) is 31.2 Å². The average molecular weight is 277 g/mol. The SMILES string of the molecule is CCOc1ccc(OC2(CCNC(C)C)CCC2)cc1. The quantitative estimate of drug-likeness (QED) is 0.784. The van der Waals surface area contributed by atoms with Gasteiger partial charge in [-0.3, -0.25) is 0 Å². The summed E-state index contributed by atoms with van der Waals surface area (Å²) in [6, 6.07) is 8.54. The van der Waals surface area contributed by atoms with E-state index in [9.17, 15) is 0 Å². The molecule has 1 saturated carbocycles. The van der Waals surface area contributed by atoms with E-state index in [-0.39, 0.29) is 5.60 Å². The van der Waals surface area contributed by atoms with Crippen molar-refractivity contribution in [2.75, 3.05) is 13.2 Å². The molecule has 1 aromatic carbocycles. The number of hydrogen-bond acceptors (Lipinski definition) is 3. The van der Waals surface area contributed by atoms with Gasteiger partial charge in [0.05, 0.1) is 6.61 Å². The Bertz CT molecular complexity index is 396. The Hall–Kier alpha value is -1.22. The standard InChI is InChI=1S/C17H27NO2/c1-4-19-15-6-8-16(9-7-15)20-17(10-5-11-17)12-13-18-14(2)3/h6-9,14,18H,4-5,10-13H2,1-3H3. The fourth-order valence-electron chi connectivity index (χ4n) is 2.58. The summed E-state index contributed by atoms with van der Waals surface area (Å²) in [6.45, 7) is 8.08. The molecule has 0 saturated heterocycles. The Kier molecular flexibility index (Phi) is 5.30. The highest BCUT2D eigenvalue weighted by Gasteiger charge is 2.38. The smallest absolute Gasteiger partial charge is 0.120 e. The summed E-state index contributed by atoms with van der Waals surface area (Å²) in [7, 11) is 0. The molecule has 0 unspecified atom stereocenters. The highest BCUT2D eigenvalue weighted by molar-refractivity contribution is 5.32. The maximum Gasteiger partial charge on any atom is 0.120 e. The molecule has 0 heterocycles. The third-order valence-corrected chi connectivity index (χ3v) is 3.87. The van der Waals surface area contributed by atoms with Gasteiger partial charge in [0.15, 0.2) is 0 Å². The highest BCUT2D eigenvalue weighted by atomic mass is 16.5. The molecule has 0 bridgehead atoms. The van der Waals surface area contributed by atoms with E-state index in [1.165, 1.54) is 19.3 Å². The summed E-state index contributed by atoms with van der Waals surface area (Å²) in [4.78, 5) is 0. The van der Waals surface area contributed by atoms with Crippen molar-refractivity contribution in [2.24, 2.45) is 0 Å². The molecule has 3 nitrogen and oxygen atoms in total. The molecule has 0 aromatic heterocycles. The van der Waals surface area contributed by atoms with Crippen LogP contribution in [0, 0.1) is 0 Å².